The summed E-state index contributed by atoms with van der Waals surface area (Å²) in [6.45, 7) is 0. The lowest BCUT2D eigenvalue weighted by Gasteiger charge is -2.24. The van der Waals surface area contributed by atoms with Crippen molar-refractivity contribution in [3.8, 4) is 5.75 Å². The van der Waals surface area contributed by atoms with Crippen LogP contribution in [-0.4, -0.2) is 17.6 Å². The number of hydrogen-bond acceptors (Lipinski definition) is 1. The van der Waals surface area contributed by atoms with Crippen molar-refractivity contribution in [1.82, 2.24) is 0 Å². The quantitative estimate of drug-likeness (QED) is 0.697. The molecular weight excluding hydrogens is 288 g/mol. The van der Waals surface area contributed by atoms with Crippen LogP contribution in [0.4, 0.5) is 0 Å². The molecular formula is C20H25OS+. The second kappa shape index (κ2) is 6.54. The molecule has 1 saturated carbocycles. The van der Waals surface area contributed by atoms with Gasteiger partial charge in [0, 0.05) is 21.7 Å². The molecule has 0 unspecified atom stereocenters. The Kier molecular flexibility index (Phi) is 4.29. The highest BCUT2D eigenvalue weighted by Gasteiger charge is 2.29. The molecule has 0 N–H and O–H groups in total. The molecule has 0 amide bonds. The number of rotatable bonds is 3. The number of ether oxygens (including phenoxy) is 1. The van der Waals surface area contributed by atoms with E-state index in [1.807, 2.05) is 0 Å². The van der Waals surface area contributed by atoms with E-state index in [0.717, 1.165) is 5.75 Å². The summed E-state index contributed by atoms with van der Waals surface area (Å²) < 4.78 is 6.39. The average Bonchev–Trinajstić information content (AvgIpc) is 3.10. The first-order chi connectivity index (χ1) is 10.9. The molecule has 116 valence electrons. The highest BCUT2D eigenvalue weighted by Crippen LogP contribution is 2.36. The zero-order valence-corrected chi connectivity index (χ0v) is 14.0. The summed E-state index contributed by atoms with van der Waals surface area (Å²) in [6.07, 6.45) is 9.70. The minimum atomic E-state index is 0.428. The average molecular weight is 313 g/mol. The lowest BCUT2D eigenvalue weighted by Crippen LogP contribution is -2.19. The van der Waals surface area contributed by atoms with E-state index in [1.165, 1.54) is 67.2 Å². The molecule has 2 aromatic carbocycles. The Hall–Kier alpha value is -1.15. The Balaban J connectivity index is 1.69. The van der Waals surface area contributed by atoms with Crippen molar-refractivity contribution >= 4 is 21.7 Å². The zero-order valence-electron chi connectivity index (χ0n) is 13.2. The summed E-state index contributed by atoms with van der Waals surface area (Å²) in [4.78, 5) is 1.57. The smallest absolute Gasteiger partial charge is 0.162 e. The van der Waals surface area contributed by atoms with Crippen LogP contribution in [0.25, 0.3) is 10.8 Å². The maximum Gasteiger partial charge on any atom is 0.162 e. The van der Waals surface area contributed by atoms with Crippen molar-refractivity contribution in [2.45, 2.75) is 55.9 Å². The second-order valence-electron chi connectivity index (χ2n) is 6.59. The van der Waals surface area contributed by atoms with E-state index in [9.17, 15) is 0 Å². The van der Waals surface area contributed by atoms with Gasteiger partial charge in [0.1, 0.15) is 17.3 Å². The Morgan fingerprint density at radius 1 is 0.773 bits per heavy atom. The molecule has 2 fully saturated rings. The minimum absolute atomic E-state index is 0.428. The van der Waals surface area contributed by atoms with Crippen LogP contribution in [0, 0.1) is 0 Å². The van der Waals surface area contributed by atoms with E-state index in [0.29, 0.717) is 17.0 Å². The lowest BCUT2D eigenvalue weighted by molar-refractivity contribution is 0.157. The molecule has 1 aliphatic heterocycles. The van der Waals surface area contributed by atoms with Crippen molar-refractivity contribution in [2.75, 3.05) is 11.5 Å². The van der Waals surface area contributed by atoms with Crippen LogP contribution in [-0.2, 0) is 10.9 Å². The number of hydrogen-bond donors (Lipinski definition) is 0. The third-order valence-corrected chi connectivity index (χ3v) is 7.57. The summed E-state index contributed by atoms with van der Waals surface area (Å²) in [7, 11) is 0.464. The maximum atomic E-state index is 6.39. The van der Waals surface area contributed by atoms with Gasteiger partial charge in [-0.2, -0.15) is 0 Å². The van der Waals surface area contributed by atoms with Gasteiger partial charge in [-0.05, 0) is 56.7 Å². The van der Waals surface area contributed by atoms with Crippen molar-refractivity contribution in [3.63, 3.8) is 0 Å². The molecule has 0 radical (unpaired) electrons. The van der Waals surface area contributed by atoms with E-state index in [1.54, 1.807) is 4.90 Å². The first-order valence-electron chi connectivity index (χ1n) is 8.78. The van der Waals surface area contributed by atoms with Gasteiger partial charge in [0.05, 0.1) is 6.10 Å². The van der Waals surface area contributed by atoms with Crippen molar-refractivity contribution in [3.05, 3.63) is 36.4 Å². The third-order valence-electron chi connectivity index (χ3n) is 5.03. The van der Waals surface area contributed by atoms with Crippen LogP contribution in [0.3, 0.4) is 0 Å². The fourth-order valence-electron chi connectivity index (χ4n) is 3.84. The van der Waals surface area contributed by atoms with Gasteiger partial charge in [0.15, 0.2) is 4.90 Å². The van der Waals surface area contributed by atoms with Crippen molar-refractivity contribution in [2.24, 2.45) is 0 Å². The Labute approximate surface area is 136 Å². The molecule has 1 aliphatic carbocycles. The maximum absolute atomic E-state index is 6.39. The topological polar surface area (TPSA) is 9.23 Å². The monoisotopic (exact) mass is 313 g/mol. The fraction of sp³-hybridized carbons (Fsp3) is 0.500. The van der Waals surface area contributed by atoms with E-state index in [-0.39, 0.29) is 0 Å². The van der Waals surface area contributed by atoms with Gasteiger partial charge in [-0.15, -0.1) is 0 Å². The summed E-state index contributed by atoms with van der Waals surface area (Å²) in [5.74, 6) is 3.87. The molecule has 2 heteroatoms. The van der Waals surface area contributed by atoms with Crippen LogP contribution in [0.15, 0.2) is 41.3 Å². The van der Waals surface area contributed by atoms with Gasteiger partial charge >= 0.3 is 0 Å². The van der Waals surface area contributed by atoms with Crippen molar-refractivity contribution < 1.29 is 4.74 Å². The Morgan fingerprint density at radius 2 is 1.50 bits per heavy atom. The Bertz CT molecular complexity index is 639. The van der Waals surface area contributed by atoms with E-state index >= 15 is 0 Å². The van der Waals surface area contributed by atoms with Gasteiger partial charge in [0.25, 0.3) is 0 Å². The first kappa shape index (κ1) is 14.4. The van der Waals surface area contributed by atoms with E-state index in [2.05, 4.69) is 36.4 Å². The molecule has 0 spiro atoms. The molecule has 1 nitrogen and oxygen atoms in total. The molecule has 1 saturated heterocycles. The molecule has 2 aromatic rings. The standard InChI is InChI=1S/C20H25OS/c1-2-8-16(9-3-1)21-19-12-13-20(22-14-6-7-15-22)18-11-5-4-10-17(18)19/h4-5,10-13,16H,1-3,6-9,14-15H2/q+1. The number of benzene rings is 2. The SMILES string of the molecule is c1ccc2c([S+]3CCCC3)ccc(OC3CCCCC3)c2c1. The predicted molar refractivity (Wildman–Crippen MR) is 96.0 cm³/mol. The summed E-state index contributed by atoms with van der Waals surface area (Å²) in [6, 6.07) is 13.5. The largest absolute Gasteiger partial charge is 0.490 e. The summed E-state index contributed by atoms with van der Waals surface area (Å²) in [5, 5.41) is 2.76. The molecule has 0 bridgehead atoms. The summed E-state index contributed by atoms with van der Waals surface area (Å²) in [5.41, 5.74) is 0. The Morgan fingerprint density at radius 3 is 2.27 bits per heavy atom. The van der Waals surface area contributed by atoms with Crippen LogP contribution in [0.5, 0.6) is 5.75 Å². The van der Waals surface area contributed by atoms with Gasteiger partial charge in [-0.1, -0.05) is 24.6 Å². The normalized spacial score (nSPS) is 20.5. The zero-order chi connectivity index (χ0) is 14.8. The van der Waals surface area contributed by atoms with Crippen molar-refractivity contribution in [1.29, 1.82) is 0 Å². The van der Waals surface area contributed by atoms with Gasteiger partial charge in [-0.25, -0.2) is 0 Å². The lowest BCUT2D eigenvalue weighted by atomic mass is 9.97. The molecule has 2 aliphatic rings. The first-order valence-corrected chi connectivity index (χ1v) is 10.3. The summed E-state index contributed by atoms with van der Waals surface area (Å²) >= 11 is 0. The van der Waals surface area contributed by atoms with Crippen LogP contribution < -0.4 is 4.74 Å². The van der Waals surface area contributed by atoms with Gasteiger partial charge in [-0.3, -0.25) is 0 Å². The highest BCUT2D eigenvalue weighted by atomic mass is 32.2. The molecule has 0 atom stereocenters. The van der Waals surface area contributed by atoms with Crippen LogP contribution in [0.1, 0.15) is 44.9 Å². The predicted octanol–water partition coefficient (Wildman–Crippen LogP) is 5.32. The van der Waals surface area contributed by atoms with Crippen LogP contribution in [0.2, 0.25) is 0 Å². The molecule has 4 rings (SSSR count). The third kappa shape index (κ3) is 2.86. The molecule has 1 heterocycles. The number of fused-ring (bicyclic) bond motifs is 1. The molecule has 0 aromatic heterocycles. The highest BCUT2D eigenvalue weighted by molar-refractivity contribution is 7.97. The van der Waals surface area contributed by atoms with Gasteiger partial charge < -0.3 is 4.74 Å². The van der Waals surface area contributed by atoms with Gasteiger partial charge in [0.2, 0.25) is 0 Å². The fourth-order valence-corrected chi connectivity index (χ4v) is 6.33. The second-order valence-corrected chi connectivity index (χ2v) is 8.84. The van der Waals surface area contributed by atoms with E-state index < -0.39 is 0 Å². The van der Waals surface area contributed by atoms with E-state index in [4.69, 9.17) is 4.74 Å². The molecule has 22 heavy (non-hydrogen) atoms. The minimum Gasteiger partial charge on any atom is -0.490 e. The van der Waals surface area contributed by atoms with Crippen LogP contribution >= 0.6 is 0 Å².